The van der Waals surface area contributed by atoms with Crippen LogP contribution in [-0.4, -0.2) is 28.7 Å². The van der Waals surface area contributed by atoms with Crippen molar-refractivity contribution in [2.45, 2.75) is 51.1 Å². The summed E-state index contributed by atoms with van der Waals surface area (Å²) in [5.41, 5.74) is -0.392. The zero-order valence-corrected chi connectivity index (χ0v) is 19.0. The molecule has 0 spiro atoms. The first kappa shape index (κ1) is 22.2. The van der Waals surface area contributed by atoms with Crippen molar-refractivity contribution in [1.29, 1.82) is 0 Å². The summed E-state index contributed by atoms with van der Waals surface area (Å²) in [4.78, 5) is 0.103. The fourth-order valence-electron chi connectivity index (χ4n) is 3.25. The van der Waals surface area contributed by atoms with Gasteiger partial charge in [-0.05, 0) is 52.8 Å². The first-order valence-corrected chi connectivity index (χ1v) is 11.3. The van der Waals surface area contributed by atoms with Crippen molar-refractivity contribution in [2.24, 2.45) is 0 Å². The fraction of sp³-hybridized carbons (Fsp3) is 0.333. The van der Waals surface area contributed by atoms with Crippen molar-refractivity contribution in [3.63, 3.8) is 0 Å². The molecule has 0 saturated heterocycles. The van der Waals surface area contributed by atoms with Crippen LogP contribution >= 0.6 is 11.6 Å². The molecule has 0 unspecified atom stereocenters. The third-order valence-corrected chi connectivity index (χ3v) is 6.90. The van der Waals surface area contributed by atoms with Crippen LogP contribution in [0.4, 0.5) is 10.1 Å². The highest BCUT2D eigenvalue weighted by atomic mass is 35.5. The molecule has 9 heteroatoms. The average molecular weight is 451 g/mol. The van der Waals surface area contributed by atoms with Crippen LogP contribution in [0.25, 0.3) is 11.4 Å². The Balaban J connectivity index is 2.35. The fourth-order valence-corrected chi connectivity index (χ4v) is 5.25. The lowest BCUT2D eigenvalue weighted by Gasteiger charge is -2.37. The Hall–Kier alpha value is -2.45. The molecule has 0 aliphatic heterocycles. The van der Waals surface area contributed by atoms with Crippen LogP contribution in [0.1, 0.15) is 40.7 Å². The second-order valence-corrected chi connectivity index (χ2v) is 10.4. The molecule has 0 N–H and O–H groups in total. The van der Waals surface area contributed by atoms with Crippen LogP contribution in [0.3, 0.4) is 0 Å². The van der Waals surface area contributed by atoms with E-state index in [4.69, 9.17) is 11.6 Å². The highest BCUT2D eigenvalue weighted by Crippen LogP contribution is 2.40. The molecule has 0 amide bonds. The van der Waals surface area contributed by atoms with Gasteiger partial charge in [0.1, 0.15) is 12.1 Å². The van der Waals surface area contributed by atoms with Crippen molar-refractivity contribution in [1.82, 2.24) is 14.8 Å². The number of hydrogen-bond donors (Lipinski definition) is 0. The van der Waals surface area contributed by atoms with E-state index in [9.17, 15) is 12.8 Å². The minimum atomic E-state index is -4.02. The van der Waals surface area contributed by atoms with Gasteiger partial charge in [0.05, 0.1) is 15.6 Å². The van der Waals surface area contributed by atoms with Gasteiger partial charge in [-0.25, -0.2) is 12.8 Å². The summed E-state index contributed by atoms with van der Waals surface area (Å²) in [7, 11) is -4.02. The minimum absolute atomic E-state index is 0.000459. The number of aromatic nitrogens is 3. The second-order valence-electron chi connectivity index (χ2n) is 8.19. The molecule has 0 fully saturated rings. The van der Waals surface area contributed by atoms with Gasteiger partial charge >= 0.3 is 0 Å². The van der Waals surface area contributed by atoms with Crippen LogP contribution in [0.2, 0.25) is 5.02 Å². The molecule has 0 atom stereocenters. The van der Waals surface area contributed by atoms with Crippen molar-refractivity contribution in [3.8, 4) is 11.4 Å². The van der Waals surface area contributed by atoms with Gasteiger partial charge in [0.2, 0.25) is 0 Å². The maximum Gasteiger partial charge on any atom is 0.264 e. The molecule has 6 nitrogen and oxygen atoms in total. The smallest absolute Gasteiger partial charge is 0.264 e. The standard InChI is InChI=1S/C21H24ClFN4O2S/c1-14(2)26-13-24-25-20(26)16-11-17(22)18(23)12-19(16)27(21(3,4)5)30(28,29)15-9-7-6-8-10-15/h6-14H,1-5H3. The second kappa shape index (κ2) is 8.00. The number of sulfonamides is 1. The molecular formula is C21H24ClFN4O2S. The molecule has 1 aromatic heterocycles. The van der Waals surface area contributed by atoms with Crippen molar-refractivity contribution in [3.05, 3.63) is 59.6 Å². The molecule has 2 aromatic carbocycles. The number of benzene rings is 2. The molecule has 1 heterocycles. The lowest BCUT2D eigenvalue weighted by atomic mass is 10.1. The highest BCUT2D eigenvalue weighted by Gasteiger charge is 2.37. The molecule has 0 aliphatic rings. The summed E-state index contributed by atoms with van der Waals surface area (Å²) in [6.07, 6.45) is 1.55. The van der Waals surface area contributed by atoms with E-state index in [1.54, 1.807) is 49.9 Å². The lowest BCUT2D eigenvalue weighted by Crippen LogP contribution is -2.46. The van der Waals surface area contributed by atoms with Crippen LogP contribution in [0.5, 0.6) is 0 Å². The number of hydrogen-bond acceptors (Lipinski definition) is 4. The van der Waals surface area contributed by atoms with Gasteiger partial charge < -0.3 is 4.57 Å². The molecular weight excluding hydrogens is 427 g/mol. The van der Waals surface area contributed by atoms with Gasteiger partial charge in [0.15, 0.2) is 5.82 Å². The van der Waals surface area contributed by atoms with Crippen molar-refractivity contribution in [2.75, 3.05) is 4.31 Å². The molecule has 0 aliphatic carbocycles. The van der Waals surface area contributed by atoms with E-state index in [1.165, 1.54) is 22.5 Å². The zero-order chi connectivity index (χ0) is 22.3. The van der Waals surface area contributed by atoms with E-state index >= 15 is 0 Å². The number of nitrogens with zero attached hydrogens (tertiary/aromatic N) is 4. The van der Waals surface area contributed by atoms with Crippen LogP contribution in [0.15, 0.2) is 53.7 Å². The minimum Gasteiger partial charge on any atom is -0.311 e. The van der Waals surface area contributed by atoms with E-state index in [0.29, 0.717) is 11.4 Å². The van der Waals surface area contributed by atoms with Crippen molar-refractivity contribution < 1.29 is 12.8 Å². The van der Waals surface area contributed by atoms with Gasteiger partial charge in [-0.15, -0.1) is 10.2 Å². The molecule has 3 aromatic rings. The summed E-state index contributed by atoms with van der Waals surface area (Å²) in [6, 6.07) is 10.6. The average Bonchev–Trinajstić information content (AvgIpc) is 3.14. The topological polar surface area (TPSA) is 68.1 Å². The zero-order valence-electron chi connectivity index (χ0n) is 17.5. The summed E-state index contributed by atoms with van der Waals surface area (Å²) in [5, 5.41) is 8.00. The summed E-state index contributed by atoms with van der Waals surface area (Å²) in [5.74, 6) is -0.317. The maximum absolute atomic E-state index is 14.6. The Bertz CT molecular complexity index is 1160. The summed E-state index contributed by atoms with van der Waals surface area (Å²) >= 11 is 6.08. The van der Waals surface area contributed by atoms with Gasteiger partial charge in [-0.3, -0.25) is 4.31 Å². The van der Waals surface area contributed by atoms with Gasteiger partial charge in [-0.2, -0.15) is 0 Å². The Morgan fingerprint density at radius 1 is 1.13 bits per heavy atom. The normalized spacial score (nSPS) is 12.4. The molecule has 0 saturated carbocycles. The predicted molar refractivity (Wildman–Crippen MR) is 117 cm³/mol. The summed E-state index contributed by atoms with van der Waals surface area (Å²) < 4.78 is 44.9. The SMILES string of the molecule is CC(C)n1cnnc1-c1cc(Cl)c(F)cc1N(C(C)(C)C)S(=O)(=O)c1ccccc1. The number of halogens is 2. The molecule has 0 radical (unpaired) electrons. The Labute approximate surface area is 181 Å². The Morgan fingerprint density at radius 2 is 1.77 bits per heavy atom. The van der Waals surface area contributed by atoms with E-state index in [0.717, 1.165) is 6.07 Å². The lowest BCUT2D eigenvalue weighted by molar-refractivity contribution is 0.534. The van der Waals surface area contributed by atoms with Crippen LogP contribution < -0.4 is 4.31 Å². The quantitative estimate of drug-likeness (QED) is 0.528. The highest BCUT2D eigenvalue weighted by molar-refractivity contribution is 7.93. The van der Waals surface area contributed by atoms with Crippen LogP contribution in [-0.2, 0) is 10.0 Å². The van der Waals surface area contributed by atoms with E-state index in [2.05, 4.69) is 10.2 Å². The van der Waals surface area contributed by atoms with E-state index < -0.39 is 21.4 Å². The maximum atomic E-state index is 14.6. The predicted octanol–water partition coefficient (Wildman–Crippen LogP) is 5.31. The number of rotatable bonds is 5. The van der Waals surface area contributed by atoms with Gasteiger partial charge in [0.25, 0.3) is 10.0 Å². The number of anilines is 1. The van der Waals surface area contributed by atoms with Crippen molar-refractivity contribution >= 4 is 27.3 Å². The van der Waals surface area contributed by atoms with Crippen LogP contribution in [0, 0.1) is 5.82 Å². The largest absolute Gasteiger partial charge is 0.311 e. The molecule has 160 valence electrons. The molecule has 0 bridgehead atoms. The molecule has 30 heavy (non-hydrogen) atoms. The van der Waals surface area contributed by atoms with E-state index in [-0.39, 0.29) is 21.6 Å². The molecule has 3 rings (SSSR count). The van der Waals surface area contributed by atoms with Gasteiger partial charge in [-0.1, -0.05) is 29.8 Å². The third kappa shape index (κ3) is 4.06. The third-order valence-electron chi connectivity index (χ3n) is 4.52. The first-order chi connectivity index (χ1) is 13.9. The van der Waals surface area contributed by atoms with E-state index in [1.807, 2.05) is 13.8 Å². The Kier molecular flexibility index (Phi) is 5.93. The summed E-state index contributed by atoms with van der Waals surface area (Å²) in [6.45, 7) is 9.13. The monoisotopic (exact) mass is 450 g/mol. The first-order valence-electron chi connectivity index (χ1n) is 9.44. The van der Waals surface area contributed by atoms with Gasteiger partial charge in [0, 0.05) is 23.2 Å². The Morgan fingerprint density at radius 3 is 2.33 bits per heavy atom.